The summed E-state index contributed by atoms with van der Waals surface area (Å²) >= 11 is 0. The summed E-state index contributed by atoms with van der Waals surface area (Å²) in [6, 6.07) is 0. The van der Waals surface area contributed by atoms with E-state index in [9.17, 15) is 0 Å². The minimum atomic E-state index is 0.593. The van der Waals surface area contributed by atoms with Crippen LogP contribution in [0.1, 0.15) is 19.3 Å². The Labute approximate surface area is 64.0 Å². The fraction of sp³-hybridized carbons (Fsp3) is 0.400. The lowest BCUT2D eigenvalue weighted by Gasteiger charge is -2.06. The Balaban J connectivity index is 3.47. The summed E-state index contributed by atoms with van der Waals surface area (Å²) in [5.74, 6) is 0.593. The first-order valence-electron chi connectivity index (χ1n) is 3.69. The van der Waals surface area contributed by atoms with Crippen molar-refractivity contribution in [3.8, 4) is 0 Å². The van der Waals surface area contributed by atoms with Crippen molar-refractivity contribution in [3.63, 3.8) is 0 Å². The van der Waals surface area contributed by atoms with E-state index in [4.69, 9.17) is 0 Å². The van der Waals surface area contributed by atoms with E-state index in [1.165, 1.54) is 0 Å². The molecule has 0 N–H and O–H groups in total. The molecule has 0 aromatic carbocycles. The molecule has 1 unspecified atom stereocenters. The van der Waals surface area contributed by atoms with Crippen molar-refractivity contribution in [2.75, 3.05) is 0 Å². The molecular formula is C10H16. The summed E-state index contributed by atoms with van der Waals surface area (Å²) in [7, 11) is 0. The summed E-state index contributed by atoms with van der Waals surface area (Å²) < 4.78 is 0. The Hall–Kier alpha value is -0.780. The molecule has 0 aromatic rings. The second-order valence-electron chi connectivity index (χ2n) is 2.39. The van der Waals surface area contributed by atoms with Crippen LogP contribution in [0.3, 0.4) is 0 Å². The average Bonchev–Trinajstić information content (AvgIpc) is 1.98. The molecule has 0 heterocycles. The molecule has 0 aliphatic carbocycles. The SMILES string of the molecule is C=CCCC(C=C)CC=C. The molecule has 1 atom stereocenters. The average molecular weight is 136 g/mol. The van der Waals surface area contributed by atoms with Gasteiger partial charge in [0, 0.05) is 0 Å². The predicted molar refractivity (Wildman–Crippen MR) is 47.9 cm³/mol. The molecule has 0 rings (SSSR count). The first-order chi connectivity index (χ1) is 4.85. The van der Waals surface area contributed by atoms with Crippen molar-refractivity contribution in [2.45, 2.75) is 19.3 Å². The van der Waals surface area contributed by atoms with E-state index in [-0.39, 0.29) is 0 Å². The first kappa shape index (κ1) is 9.22. The molecule has 10 heavy (non-hydrogen) atoms. The predicted octanol–water partition coefficient (Wildman–Crippen LogP) is 3.33. The maximum absolute atomic E-state index is 3.75. The van der Waals surface area contributed by atoms with Gasteiger partial charge in [-0.05, 0) is 25.2 Å². The standard InChI is InChI=1S/C10H16/c1-4-7-9-10(6-3)8-5-2/h4-6,10H,1-3,7-9H2. The zero-order valence-corrected chi connectivity index (χ0v) is 6.55. The summed E-state index contributed by atoms with van der Waals surface area (Å²) in [5, 5.41) is 0. The van der Waals surface area contributed by atoms with Gasteiger partial charge in [-0.2, -0.15) is 0 Å². The first-order valence-corrected chi connectivity index (χ1v) is 3.69. The van der Waals surface area contributed by atoms with Crippen LogP contribution in [0, 0.1) is 5.92 Å². The van der Waals surface area contributed by atoms with Crippen molar-refractivity contribution in [2.24, 2.45) is 5.92 Å². The molecular weight excluding hydrogens is 120 g/mol. The second-order valence-corrected chi connectivity index (χ2v) is 2.39. The topological polar surface area (TPSA) is 0 Å². The Kier molecular flexibility index (Phi) is 5.85. The van der Waals surface area contributed by atoms with Crippen LogP contribution in [0.15, 0.2) is 38.0 Å². The minimum absolute atomic E-state index is 0.593. The third-order valence-corrected chi connectivity index (χ3v) is 1.54. The van der Waals surface area contributed by atoms with Gasteiger partial charge in [-0.1, -0.05) is 18.2 Å². The van der Waals surface area contributed by atoms with Crippen molar-refractivity contribution in [1.82, 2.24) is 0 Å². The minimum Gasteiger partial charge on any atom is -0.103 e. The summed E-state index contributed by atoms with van der Waals surface area (Å²) in [5.41, 5.74) is 0. The lowest BCUT2D eigenvalue weighted by Crippen LogP contribution is -1.92. The number of allylic oxidation sites excluding steroid dienone is 3. The number of hydrogen-bond acceptors (Lipinski definition) is 0. The van der Waals surface area contributed by atoms with E-state index >= 15 is 0 Å². The molecule has 0 amide bonds. The Morgan fingerprint density at radius 3 is 2.20 bits per heavy atom. The van der Waals surface area contributed by atoms with E-state index in [0.717, 1.165) is 19.3 Å². The monoisotopic (exact) mass is 136 g/mol. The van der Waals surface area contributed by atoms with Crippen LogP contribution in [0.25, 0.3) is 0 Å². The smallest absolute Gasteiger partial charge is 0.0199 e. The van der Waals surface area contributed by atoms with Gasteiger partial charge in [0.25, 0.3) is 0 Å². The number of hydrogen-bond donors (Lipinski definition) is 0. The fourth-order valence-corrected chi connectivity index (χ4v) is 0.878. The molecule has 56 valence electrons. The highest BCUT2D eigenvalue weighted by Crippen LogP contribution is 2.12. The Morgan fingerprint density at radius 1 is 1.10 bits per heavy atom. The van der Waals surface area contributed by atoms with Gasteiger partial charge in [0.05, 0.1) is 0 Å². The van der Waals surface area contributed by atoms with E-state index in [1.54, 1.807) is 0 Å². The Morgan fingerprint density at radius 2 is 1.80 bits per heavy atom. The van der Waals surface area contributed by atoms with E-state index < -0.39 is 0 Å². The van der Waals surface area contributed by atoms with Gasteiger partial charge in [0.1, 0.15) is 0 Å². The summed E-state index contributed by atoms with van der Waals surface area (Å²) in [6.07, 6.45) is 9.14. The van der Waals surface area contributed by atoms with Crippen molar-refractivity contribution >= 4 is 0 Å². The molecule has 0 bridgehead atoms. The molecule has 0 spiro atoms. The van der Waals surface area contributed by atoms with Gasteiger partial charge < -0.3 is 0 Å². The van der Waals surface area contributed by atoms with Crippen LogP contribution in [0.5, 0.6) is 0 Å². The molecule has 0 saturated heterocycles. The van der Waals surface area contributed by atoms with Crippen LogP contribution in [0.4, 0.5) is 0 Å². The van der Waals surface area contributed by atoms with E-state index in [1.807, 2.05) is 18.2 Å². The van der Waals surface area contributed by atoms with Crippen LogP contribution < -0.4 is 0 Å². The zero-order chi connectivity index (χ0) is 7.82. The lowest BCUT2D eigenvalue weighted by atomic mass is 10.00. The van der Waals surface area contributed by atoms with Crippen LogP contribution in [0.2, 0.25) is 0 Å². The molecule has 0 saturated carbocycles. The maximum atomic E-state index is 3.75. The number of rotatable bonds is 6. The van der Waals surface area contributed by atoms with Gasteiger partial charge in [-0.3, -0.25) is 0 Å². The summed E-state index contributed by atoms with van der Waals surface area (Å²) in [4.78, 5) is 0. The maximum Gasteiger partial charge on any atom is -0.0199 e. The molecule has 0 aromatic heterocycles. The Bertz CT molecular complexity index is 111. The fourth-order valence-electron chi connectivity index (χ4n) is 0.878. The van der Waals surface area contributed by atoms with E-state index in [2.05, 4.69) is 19.7 Å². The van der Waals surface area contributed by atoms with Gasteiger partial charge in [-0.15, -0.1) is 19.7 Å². The highest BCUT2D eigenvalue weighted by molar-refractivity contribution is 4.86. The third-order valence-electron chi connectivity index (χ3n) is 1.54. The quantitative estimate of drug-likeness (QED) is 0.491. The van der Waals surface area contributed by atoms with Crippen molar-refractivity contribution in [3.05, 3.63) is 38.0 Å². The molecule has 0 aliphatic rings. The second kappa shape index (κ2) is 6.34. The van der Waals surface area contributed by atoms with E-state index in [0.29, 0.717) is 5.92 Å². The molecule has 0 heteroatoms. The lowest BCUT2D eigenvalue weighted by molar-refractivity contribution is 0.609. The molecule has 0 aliphatic heterocycles. The van der Waals surface area contributed by atoms with Gasteiger partial charge in [-0.25, -0.2) is 0 Å². The molecule has 0 fully saturated rings. The van der Waals surface area contributed by atoms with Gasteiger partial charge in [0.15, 0.2) is 0 Å². The normalized spacial score (nSPS) is 12.0. The van der Waals surface area contributed by atoms with Crippen molar-refractivity contribution in [1.29, 1.82) is 0 Å². The highest BCUT2D eigenvalue weighted by Gasteiger charge is 1.98. The summed E-state index contributed by atoms with van der Waals surface area (Å²) in [6.45, 7) is 11.1. The van der Waals surface area contributed by atoms with Gasteiger partial charge in [0.2, 0.25) is 0 Å². The van der Waals surface area contributed by atoms with Crippen LogP contribution in [-0.4, -0.2) is 0 Å². The van der Waals surface area contributed by atoms with Crippen molar-refractivity contribution < 1.29 is 0 Å². The zero-order valence-electron chi connectivity index (χ0n) is 6.55. The van der Waals surface area contributed by atoms with Crippen LogP contribution >= 0.6 is 0 Å². The van der Waals surface area contributed by atoms with Crippen LogP contribution in [-0.2, 0) is 0 Å². The largest absolute Gasteiger partial charge is 0.103 e. The highest BCUT2D eigenvalue weighted by atomic mass is 14.0. The molecule has 0 nitrogen and oxygen atoms in total. The van der Waals surface area contributed by atoms with Gasteiger partial charge >= 0.3 is 0 Å². The third kappa shape index (κ3) is 4.13. The molecule has 0 radical (unpaired) electrons.